The highest BCUT2D eigenvalue weighted by Crippen LogP contribution is 2.20. The summed E-state index contributed by atoms with van der Waals surface area (Å²) in [7, 11) is 1.18. The summed E-state index contributed by atoms with van der Waals surface area (Å²) in [5.41, 5.74) is 0.947. The van der Waals surface area contributed by atoms with Crippen molar-refractivity contribution in [2.24, 2.45) is 0 Å². The van der Waals surface area contributed by atoms with Crippen molar-refractivity contribution in [2.45, 2.75) is 6.92 Å². The Morgan fingerprint density at radius 2 is 2.00 bits per heavy atom. The maximum Gasteiger partial charge on any atom is 0.340 e. The van der Waals surface area contributed by atoms with Crippen molar-refractivity contribution >= 4 is 17.6 Å². The minimum atomic E-state index is -0.749. The number of benzene rings is 1. The summed E-state index contributed by atoms with van der Waals surface area (Å²) in [5.74, 6) is -1.27. The quantitative estimate of drug-likeness (QED) is 0.728. The van der Waals surface area contributed by atoms with Crippen molar-refractivity contribution in [3.63, 3.8) is 0 Å². The molecule has 2 aromatic heterocycles. The molecule has 26 heavy (non-hydrogen) atoms. The van der Waals surface area contributed by atoms with E-state index in [-0.39, 0.29) is 11.3 Å². The number of hydrogen-bond donors (Lipinski definition) is 1. The molecule has 0 aliphatic carbocycles. The van der Waals surface area contributed by atoms with Gasteiger partial charge in [-0.05, 0) is 37.3 Å². The molecule has 0 fully saturated rings. The van der Waals surface area contributed by atoms with Crippen LogP contribution >= 0.6 is 0 Å². The monoisotopic (exact) mass is 354 g/mol. The zero-order valence-corrected chi connectivity index (χ0v) is 14.1. The van der Waals surface area contributed by atoms with E-state index in [0.717, 1.165) is 12.1 Å². The molecular weight excluding hydrogens is 339 g/mol. The Labute approximate surface area is 148 Å². The van der Waals surface area contributed by atoms with Crippen LogP contribution in [0.4, 0.5) is 10.1 Å². The van der Waals surface area contributed by atoms with Crippen molar-refractivity contribution in [1.29, 1.82) is 0 Å². The lowest BCUT2D eigenvalue weighted by Crippen LogP contribution is -2.16. The maximum absolute atomic E-state index is 13.4. The number of halogens is 1. The molecule has 3 aromatic rings. The summed E-state index contributed by atoms with van der Waals surface area (Å²) in [4.78, 5) is 28.6. The molecule has 0 saturated heterocycles. The number of anilines is 1. The van der Waals surface area contributed by atoms with Crippen LogP contribution in [0.2, 0.25) is 0 Å². The van der Waals surface area contributed by atoms with Crippen molar-refractivity contribution in [3.05, 3.63) is 71.4 Å². The number of nitrogens with one attached hydrogen (secondary N) is 1. The topological polar surface area (TPSA) is 86.1 Å². The molecule has 0 aliphatic rings. The van der Waals surface area contributed by atoms with Crippen LogP contribution in [0, 0.1) is 12.7 Å². The minimum Gasteiger partial charge on any atom is -0.465 e. The number of methoxy groups -OCH3 is 1. The molecule has 0 spiro atoms. The third-order valence-electron chi connectivity index (χ3n) is 3.76. The normalized spacial score (nSPS) is 10.4. The second kappa shape index (κ2) is 7.14. The summed E-state index contributed by atoms with van der Waals surface area (Å²) in [6.07, 6.45) is 3.03. The summed E-state index contributed by atoms with van der Waals surface area (Å²) < 4.78 is 19.6. The van der Waals surface area contributed by atoms with Gasteiger partial charge in [0.1, 0.15) is 5.82 Å². The zero-order chi connectivity index (χ0) is 18.7. The number of rotatable bonds is 4. The molecule has 0 radical (unpaired) electrons. The van der Waals surface area contributed by atoms with Crippen LogP contribution in [-0.4, -0.2) is 33.8 Å². The van der Waals surface area contributed by atoms with Gasteiger partial charge in [0, 0.05) is 6.20 Å². The minimum absolute atomic E-state index is 0.0735. The van der Waals surface area contributed by atoms with Crippen LogP contribution in [0.1, 0.15) is 26.4 Å². The highest BCUT2D eigenvalue weighted by Gasteiger charge is 2.19. The number of esters is 1. The number of pyridine rings is 1. The van der Waals surface area contributed by atoms with Gasteiger partial charge in [-0.1, -0.05) is 6.07 Å². The molecule has 8 heteroatoms. The summed E-state index contributed by atoms with van der Waals surface area (Å²) in [6.45, 7) is 1.72. The molecule has 3 rings (SSSR count). The Hall–Kier alpha value is -3.55. The van der Waals surface area contributed by atoms with E-state index in [4.69, 9.17) is 0 Å². The average Bonchev–Trinajstić information content (AvgIpc) is 3.04. The number of ether oxygens (including phenoxy) is 1. The Bertz CT molecular complexity index is 970. The third-order valence-corrected chi connectivity index (χ3v) is 3.76. The first kappa shape index (κ1) is 17.3. The first-order valence-corrected chi connectivity index (χ1v) is 7.66. The van der Waals surface area contributed by atoms with Gasteiger partial charge >= 0.3 is 5.97 Å². The van der Waals surface area contributed by atoms with E-state index in [1.165, 1.54) is 24.1 Å². The van der Waals surface area contributed by atoms with E-state index in [1.807, 2.05) is 6.07 Å². The first-order chi connectivity index (χ1) is 12.5. The van der Waals surface area contributed by atoms with Crippen molar-refractivity contribution in [1.82, 2.24) is 14.8 Å². The lowest BCUT2D eigenvalue weighted by Gasteiger charge is -2.10. The molecule has 1 N–H and O–H groups in total. The molecule has 0 bridgehead atoms. The van der Waals surface area contributed by atoms with Gasteiger partial charge in [-0.25, -0.2) is 18.9 Å². The predicted molar refractivity (Wildman–Crippen MR) is 91.8 cm³/mol. The maximum atomic E-state index is 13.4. The highest BCUT2D eigenvalue weighted by molar-refractivity contribution is 6.08. The van der Waals surface area contributed by atoms with Gasteiger partial charge in [0.2, 0.25) is 0 Å². The Morgan fingerprint density at radius 1 is 1.19 bits per heavy atom. The van der Waals surface area contributed by atoms with Crippen LogP contribution in [0.5, 0.6) is 0 Å². The van der Waals surface area contributed by atoms with E-state index < -0.39 is 17.7 Å². The zero-order valence-electron chi connectivity index (χ0n) is 14.1. The number of carbonyl (C=O) groups is 2. The van der Waals surface area contributed by atoms with Crippen LogP contribution in [-0.2, 0) is 4.74 Å². The van der Waals surface area contributed by atoms with Crippen molar-refractivity contribution in [2.75, 3.05) is 12.4 Å². The van der Waals surface area contributed by atoms with Crippen LogP contribution in [0.15, 0.2) is 48.8 Å². The Morgan fingerprint density at radius 3 is 2.69 bits per heavy atom. The van der Waals surface area contributed by atoms with E-state index in [2.05, 4.69) is 20.1 Å². The molecule has 7 nitrogen and oxygen atoms in total. The van der Waals surface area contributed by atoms with Gasteiger partial charge < -0.3 is 10.1 Å². The summed E-state index contributed by atoms with van der Waals surface area (Å²) in [6, 6.07) is 8.80. The SMILES string of the molecule is COC(=O)c1cc(F)ccc1NC(=O)c1cnn(-c2ccccn2)c1C. The number of aromatic nitrogens is 3. The van der Waals surface area contributed by atoms with Gasteiger partial charge in [0.05, 0.1) is 35.8 Å². The highest BCUT2D eigenvalue weighted by atomic mass is 19.1. The molecule has 1 amide bonds. The van der Waals surface area contributed by atoms with Gasteiger partial charge in [-0.15, -0.1) is 0 Å². The molecule has 0 atom stereocenters. The Kier molecular flexibility index (Phi) is 4.74. The first-order valence-electron chi connectivity index (χ1n) is 7.66. The molecule has 132 valence electrons. The van der Waals surface area contributed by atoms with Crippen molar-refractivity contribution < 1.29 is 18.7 Å². The molecule has 1 aromatic carbocycles. The molecule has 0 saturated carbocycles. The van der Waals surface area contributed by atoms with Crippen LogP contribution < -0.4 is 5.32 Å². The van der Waals surface area contributed by atoms with Crippen LogP contribution in [0.25, 0.3) is 5.82 Å². The van der Waals surface area contributed by atoms with Crippen molar-refractivity contribution in [3.8, 4) is 5.82 Å². The Balaban J connectivity index is 1.91. The number of carbonyl (C=O) groups excluding carboxylic acids is 2. The van der Waals surface area contributed by atoms with Gasteiger partial charge in [0.25, 0.3) is 5.91 Å². The fourth-order valence-electron chi connectivity index (χ4n) is 2.44. The van der Waals surface area contributed by atoms with E-state index in [9.17, 15) is 14.0 Å². The van der Waals surface area contributed by atoms with Crippen LogP contribution in [0.3, 0.4) is 0 Å². The fraction of sp³-hybridized carbons (Fsp3) is 0.111. The molecule has 0 aliphatic heterocycles. The standard InChI is InChI=1S/C18H15FN4O3/c1-11-14(10-21-23(11)16-5-3-4-8-20-16)17(24)22-15-7-6-12(19)9-13(15)18(25)26-2/h3-10H,1-2H3,(H,22,24). The number of nitrogens with zero attached hydrogens (tertiary/aromatic N) is 3. The smallest absolute Gasteiger partial charge is 0.340 e. The van der Waals surface area contributed by atoms with E-state index in [0.29, 0.717) is 17.1 Å². The number of hydrogen-bond acceptors (Lipinski definition) is 5. The van der Waals surface area contributed by atoms with Gasteiger partial charge in [0.15, 0.2) is 5.82 Å². The third kappa shape index (κ3) is 3.30. The largest absolute Gasteiger partial charge is 0.465 e. The van der Waals surface area contributed by atoms with Gasteiger partial charge in [-0.2, -0.15) is 5.10 Å². The number of amides is 1. The summed E-state index contributed by atoms with van der Waals surface area (Å²) >= 11 is 0. The summed E-state index contributed by atoms with van der Waals surface area (Å²) in [5, 5.41) is 6.77. The average molecular weight is 354 g/mol. The second-order valence-corrected chi connectivity index (χ2v) is 5.38. The predicted octanol–water partition coefficient (Wildman–Crippen LogP) is 2.75. The lowest BCUT2D eigenvalue weighted by molar-refractivity contribution is 0.0601. The molecule has 2 heterocycles. The van der Waals surface area contributed by atoms with E-state index >= 15 is 0 Å². The molecular formula is C18H15FN4O3. The fourth-order valence-corrected chi connectivity index (χ4v) is 2.44. The van der Waals surface area contributed by atoms with Gasteiger partial charge in [-0.3, -0.25) is 4.79 Å². The molecule has 0 unspecified atom stereocenters. The second-order valence-electron chi connectivity index (χ2n) is 5.38. The van der Waals surface area contributed by atoms with E-state index in [1.54, 1.807) is 25.3 Å². The lowest BCUT2D eigenvalue weighted by atomic mass is 10.1.